The van der Waals surface area contributed by atoms with Crippen molar-refractivity contribution < 1.29 is 18.4 Å². The van der Waals surface area contributed by atoms with E-state index in [9.17, 15) is 9.59 Å². The molecule has 0 spiro atoms. The summed E-state index contributed by atoms with van der Waals surface area (Å²) in [5, 5.41) is 3.37. The van der Waals surface area contributed by atoms with Gasteiger partial charge in [-0.15, -0.1) is 11.3 Å². The van der Waals surface area contributed by atoms with Gasteiger partial charge in [-0.3, -0.25) is 4.79 Å². The number of hydrogen-bond acceptors (Lipinski definition) is 6. The molecule has 0 N–H and O–H groups in total. The number of carbonyl (C=O) groups excluding carboxylic acids is 2. The van der Waals surface area contributed by atoms with Gasteiger partial charge in [0.05, 0.1) is 22.9 Å². The predicted molar refractivity (Wildman–Crippen MR) is 223 cm³/mol. The van der Waals surface area contributed by atoms with Crippen molar-refractivity contribution >= 4 is 46.1 Å². The quantitative estimate of drug-likeness (QED) is 0.0712. The van der Waals surface area contributed by atoms with Gasteiger partial charge in [0.15, 0.2) is 16.6 Å². The van der Waals surface area contributed by atoms with Crippen LogP contribution in [0.3, 0.4) is 0 Å². The summed E-state index contributed by atoms with van der Waals surface area (Å²) < 4.78 is 14.2. The van der Waals surface area contributed by atoms with Crippen LogP contribution < -0.4 is 0 Å². The van der Waals surface area contributed by atoms with E-state index in [-0.39, 0.29) is 45.8 Å². The Kier molecular flexibility index (Phi) is 18.0. The average Bonchev–Trinajstić information content (AvgIpc) is 3.39. The standard InChI is InChI=1S/C42H77NO4SSi2/c1-19-21-36(39(45)42(13,14)33(5)26-27-44)38(47-50(17,18)41(10,11)12)31(3)23-20-22-30(2)24-25-37(46-49(15,16)40(7,8)9)32(4)28-35-29-48-34(6)43-35/h24,27-29,31,33,36-38H,19-23,25-26H2,1-18H3/b30-24?,32-28+/t31?,33?,36-,37+,38+/m1/s1. The fraction of sp³-hybridized carbons (Fsp3) is 0.786. The maximum Gasteiger partial charge on any atom is 0.192 e. The first kappa shape index (κ1) is 46.8. The average molecular weight is 748 g/mol. The maximum atomic E-state index is 14.4. The Morgan fingerprint density at radius 1 is 0.920 bits per heavy atom. The molecule has 0 bridgehead atoms. The minimum Gasteiger partial charge on any atom is -0.413 e. The number of nitrogens with zero attached hydrogens (tertiary/aromatic N) is 1. The smallest absolute Gasteiger partial charge is 0.192 e. The molecule has 0 saturated carbocycles. The number of Topliss-reactive ketones (excluding diaryl/α,β-unsaturated/α-hetero) is 1. The van der Waals surface area contributed by atoms with Crippen LogP contribution in [0.1, 0.15) is 146 Å². The lowest BCUT2D eigenvalue weighted by atomic mass is 9.68. The normalized spacial score (nSPS) is 17.3. The van der Waals surface area contributed by atoms with Crippen molar-refractivity contribution in [3.8, 4) is 0 Å². The summed E-state index contributed by atoms with van der Waals surface area (Å²) >= 11 is 1.68. The van der Waals surface area contributed by atoms with Crippen molar-refractivity contribution in [1.29, 1.82) is 0 Å². The summed E-state index contributed by atoms with van der Waals surface area (Å²) in [5.74, 6) is 0.284. The third-order valence-electron chi connectivity index (χ3n) is 12.1. The van der Waals surface area contributed by atoms with Crippen LogP contribution in [-0.4, -0.2) is 45.9 Å². The third kappa shape index (κ3) is 13.7. The number of aryl methyl sites for hydroxylation is 1. The second kappa shape index (κ2) is 19.2. The molecule has 1 rings (SSSR count). The lowest BCUT2D eigenvalue weighted by Gasteiger charge is -2.45. The number of rotatable bonds is 21. The van der Waals surface area contributed by atoms with Gasteiger partial charge in [0.2, 0.25) is 0 Å². The van der Waals surface area contributed by atoms with E-state index in [4.69, 9.17) is 8.85 Å². The summed E-state index contributed by atoms with van der Waals surface area (Å²) in [5.41, 5.74) is 3.02. The van der Waals surface area contributed by atoms with Gasteiger partial charge in [0.25, 0.3) is 0 Å². The highest BCUT2D eigenvalue weighted by molar-refractivity contribution is 7.09. The van der Waals surface area contributed by atoms with Gasteiger partial charge in [0.1, 0.15) is 12.1 Å². The molecule has 0 saturated heterocycles. The Balaban J connectivity index is 3.28. The van der Waals surface area contributed by atoms with E-state index in [0.717, 1.165) is 55.5 Å². The molecule has 0 aromatic carbocycles. The highest BCUT2D eigenvalue weighted by Crippen LogP contribution is 2.43. The van der Waals surface area contributed by atoms with Crippen LogP contribution >= 0.6 is 11.3 Å². The summed E-state index contributed by atoms with van der Waals surface area (Å²) in [6.45, 7) is 40.1. The SMILES string of the molecule is CCC[C@@H](C(=O)C(C)(C)C(C)CC=O)[C@@H](O[Si](C)(C)C(C)(C)C)C(C)CCCC(C)=CC[C@H](O[Si](C)(C)C(C)(C)C)/C(C)=C/c1csc(C)n1. The Morgan fingerprint density at radius 2 is 1.48 bits per heavy atom. The van der Waals surface area contributed by atoms with Crippen molar-refractivity contribution in [3.05, 3.63) is 33.3 Å². The van der Waals surface area contributed by atoms with Crippen molar-refractivity contribution in [1.82, 2.24) is 4.98 Å². The Hall–Kier alpha value is -1.20. The number of carbonyl (C=O) groups is 2. The Bertz CT molecular complexity index is 1280. The van der Waals surface area contributed by atoms with E-state index < -0.39 is 22.0 Å². The molecule has 0 aliphatic carbocycles. The van der Waals surface area contributed by atoms with E-state index in [2.05, 4.69) is 125 Å². The van der Waals surface area contributed by atoms with Gasteiger partial charge in [-0.2, -0.15) is 0 Å². The first-order chi connectivity index (χ1) is 22.7. The number of allylic oxidation sites excluding steroid dienone is 1. The minimum absolute atomic E-state index is 0.0138. The molecule has 0 radical (unpaired) electrons. The zero-order valence-corrected chi connectivity index (χ0v) is 38.5. The van der Waals surface area contributed by atoms with Crippen molar-refractivity contribution in [2.45, 2.75) is 190 Å². The fourth-order valence-electron chi connectivity index (χ4n) is 5.94. The van der Waals surface area contributed by atoms with Gasteiger partial charge < -0.3 is 13.6 Å². The first-order valence-corrected chi connectivity index (χ1v) is 26.0. The van der Waals surface area contributed by atoms with Crippen LogP contribution in [-0.2, 0) is 18.4 Å². The molecule has 1 aromatic rings. The monoisotopic (exact) mass is 748 g/mol. The lowest BCUT2D eigenvalue weighted by molar-refractivity contribution is -0.139. The van der Waals surface area contributed by atoms with Crippen molar-refractivity contribution in [2.75, 3.05) is 0 Å². The molecule has 0 fully saturated rings. The van der Waals surface area contributed by atoms with Crippen LogP contribution in [0.2, 0.25) is 36.3 Å². The molecular weight excluding hydrogens is 671 g/mol. The van der Waals surface area contributed by atoms with Crippen molar-refractivity contribution in [3.63, 3.8) is 0 Å². The van der Waals surface area contributed by atoms with E-state index >= 15 is 0 Å². The Labute approximate surface area is 315 Å². The summed E-state index contributed by atoms with van der Waals surface area (Å²) in [6.07, 6.45) is 11.4. The lowest BCUT2D eigenvalue weighted by Crippen LogP contribution is -2.51. The topological polar surface area (TPSA) is 65.5 Å². The number of aldehydes is 1. The maximum absolute atomic E-state index is 14.4. The zero-order valence-electron chi connectivity index (χ0n) is 35.6. The molecule has 2 unspecified atom stereocenters. The molecule has 0 aliphatic rings. The van der Waals surface area contributed by atoms with Crippen LogP contribution in [0.4, 0.5) is 0 Å². The largest absolute Gasteiger partial charge is 0.413 e. The zero-order chi connectivity index (χ0) is 38.9. The first-order valence-electron chi connectivity index (χ1n) is 19.3. The number of ketones is 1. The molecule has 5 atom stereocenters. The second-order valence-electron chi connectivity index (χ2n) is 18.8. The van der Waals surface area contributed by atoms with Gasteiger partial charge in [-0.25, -0.2) is 4.98 Å². The Morgan fingerprint density at radius 3 is 1.96 bits per heavy atom. The third-order valence-corrected chi connectivity index (χ3v) is 21.9. The molecule has 288 valence electrons. The molecule has 0 aliphatic heterocycles. The van der Waals surface area contributed by atoms with E-state index in [1.807, 2.05) is 20.8 Å². The molecule has 1 heterocycles. The summed E-state index contributed by atoms with van der Waals surface area (Å²) in [7, 11) is -4.16. The van der Waals surface area contributed by atoms with Crippen LogP contribution in [0.15, 0.2) is 22.6 Å². The molecule has 1 aromatic heterocycles. The van der Waals surface area contributed by atoms with Gasteiger partial charge in [-0.05, 0) is 113 Å². The van der Waals surface area contributed by atoms with E-state index in [1.54, 1.807) is 11.3 Å². The highest BCUT2D eigenvalue weighted by Gasteiger charge is 2.47. The molecule has 0 amide bonds. The highest BCUT2D eigenvalue weighted by atomic mass is 32.1. The van der Waals surface area contributed by atoms with Crippen LogP contribution in [0, 0.1) is 30.1 Å². The van der Waals surface area contributed by atoms with Crippen LogP contribution in [0.5, 0.6) is 0 Å². The number of thiazole rings is 1. The van der Waals surface area contributed by atoms with Gasteiger partial charge in [0, 0.05) is 23.1 Å². The van der Waals surface area contributed by atoms with Gasteiger partial charge >= 0.3 is 0 Å². The molecule has 5 nitrogen and oxygen atoms in total. The summed E-state index contributed by atoms with van der Waals surface area (Å²) in [6, 6.07) is 0. The fourth-order valence-corrected chi connectivity index (χ4v) is 9.28. The van der Waals surface area contributed by atoms with Crippen LogP contribution in [0.25, 0.3) is 6.08 Å². The summed E-state index contributed by atoms with van der Waals surface area (Å²) in [4.78, 5) is 30.5. The van der Waals surface area contributed by atoms with E-state index in [1.165, 1.54) is 11.1 Å². The number of aromatic nitrogens is 1. The van der Waals surface area contributed by atoms with E-state index in [0.29, 0.717) is 6.42 Å². The van der Waals surface area contributed by atoms with Crippen molar-refractivity contribution in [2.24, 2.45) is 23.2 Å². The van der Waals surface area contributed by atoms with Gasteiger partial charge in [-0.1, -0.05) is 94.2 Å². The predicted octanol–water partition coefficient (Wildman–Crippen LogP) is 13.0. The molecule has 8 heteroatoms. The molecular formula is C42H77NO4SSi2. The minimum atomic E-state index is -2.17. The molecule has 50 heavy (non-hydrogen) atoms. The second-order valence-corrected chi connectivity index (χ2v) is 29.4. The number of hydrogen-bond donors (Lipinski definition) is 0.